The zero-order valence-electron chi connectivity index (χ0n) is 18.7. The number of carbonyl (C=O) groups is 1. The first-order valence-electron chi connectivity index (χ1n) is 11.1. The second kappa shape index (κ2) is 8.53. The zero-order chi connectivity index (χ0) is 23.9. The quantitative estimate of drug-likeness (QED) is 0.436. The molecule has 0 amide bonds. The molecule has 0 radical (unpaired) electrons. The molecular formula is C24H24N6O3S. The van der Waals surface area contributed by atoms with Crippen LogP contribution in [0.25, 0.3) is 28.0 Å². The van der Waals surface area contributed by atoms with E-state index >= 15 is 0 Å². The van der Waals surface area contributed by atoms with Gasteiger partial charge in [-0.25, -0.2) is 13.4 Å². The van der Waals surface area contributed by atoms with Gasteiger partial charge in [0.15, 0.2) is 21.3 Å². The summed E-state index contributed by atoms with van der Waals surface area (Å²) < 4.78 is 25.4. The van der Waals surface area contributed by atoms with Crippen LogP contribution in [-0.4, -0.2) is 58.4 Å². The molecule has 2 N–H and O–H groups in total. The van der Waals surface area contributed by atoms with Gasteiger partial charge in [-0.2, -0.15) is 9.61 Å². The molecule has 1 aliphatic heterocycles. The molecule has 9 nitrogen and oxygen atoms in total. The molecule has 0 spiro atoms. The van der Waals surface area contributed by atoms with Crippen LogP contribution in [-0.2, 0) is 9.84 Å². The third-order valence-electron chi connectivity index (χ3n) is 6.05. The number of benzene rings is 1. The van der Waals surface area contributed by atoms with Crippen LogP contribution < -0.4 is 10.6 Å². The highest BCUT2D eigenvalue weighted by Crippen LogP contribution is 2.32. The van der Waals surface area contributed by atoms with E-state index in [9.17, 15) is 13.2 Å². The topological polar surface area (TPSA) is 124 Å². The number of pyridine rings is 1. The number of aromatic nitrogens is 4. The van der Waals surface area contributed by atoms with Crippen LogP contribution in [0.15, 0.2) is 54.9 Å². The number of nitrogen functional groups attached to an aromatic ring is 1. The number of rotatable bonds is 5. The van der Waals surface area contributed by atoms with Crippen molar-refractivity contribution in [3.63, 3.8) is 0 Å². The molecule has 1 saturated heterocycles. The average Bonchev–Trinajstić information content (AvgIpc) is 3.28. The zero-order valence-corrected chi connectivity index (χ0v) is 19.5. The van der Waals surface area contributed by atoms with Gasteiger partial charge in [0.2, 0.25) is 0 Å². The molecule has 0 saturated carbocycles. The van der Waals surface area contributed by atoms with Crippen molar-refractivity contribution in [3.05, 3.63) is 60.4 Å². The minimum atomic E-state index is -3.09. The van der Waals surface area contributed by atoms with Crippen LogP contribution in [0.3, 0.4) is 0 Å². The summed E-state index contributed by atoms with van der Waals surface area (Å²) in [5, 5.41) is 4.40. The summed E-state index contributed by atoms with van der Waals surface area (Å²) in [6.07, 6.45) is 3.66. The minimum absolute atomic E-state index is 0.0104. The SMILES string of the molecule is CCC(=O)c1c(N2CCS(=O)(=O)CC2)nc2c(-c3ccc(-c4ccccc4)nc3)cnn2c1N. The number of nitrogens with zero attached hydrogens (tertiary/aromatic N) is 5. The lowest BCUT2D eigenvalue weighted by atomic mass is 10.1. The van der Waals surface area contributed by atoms with Gasteiger partial charge in [0.25, 0.3) is 0 Å². The van der Waals surface area contributed by atoms with Crippen molar-refractivity contribution >= 4 is 32.9 Å². The summed E-state index contributed by atoms with van der Waals surface area (Å²) in [5.74, 6) is 0.455. The highest BCUT2D eigenvalue weighted by atomic mass is 32.2. The first-order chi connectivity index (χ1) is 16.4. The Balaban J connectivity index is 1.61. The Labute approximate surface area is 197 Å². The Morgan fingerprint density at radius 1 is 1.03 bits per heavy atom. The van der Waals surface area contributed by atoms with E-state index < -0.39 is 9.84 Å². The molecule has 5 rings (SSSR count). The van der Waals surface area contributed by atoms with E-state index in [4.69, 9.17) is 10.7 Å². The summed E-state index contributed by atoms with van der Waals surface area (Å²) in [4.78, 5) is 24.0. The first kappa shape index (κ1) is 22.0. The van der Waals surface area contributed by atoms with Gasteiger partial charge in [-0.05, 0) is 6.07 Å². The Kier molecular flexibility index (Phi) is 5.52. The van der Waals surface area contributed by atoms with Crippen LogP contribution >= 0.6 is 0 Å². The molecule has 0 bridgehead atoms. The monoisotopic (exact) mass is 476 g/mol. The molecule has 10 heteroatoms. The molecular weight excluding hydrogens is 452 g/mol. The van der Waals surface area contributed by atoms with Crippen molar-refractivity contribution in [2.24, 2.45) is 0 Å². The van der Waals surface area contributed by atoms with E-state index in [-0.39, 0.29) is 48.2 Å². The van der Waals surface area contributed by atoms with E-state index in [1.807, 2.05) is 47.4 Å². The van der Waals surface area contributed by atoms with Crippen molar-refractivity contribution in [2.75, 3.05) is 35.2 Å². The van der Waals surface area contributed by atoms with Gasteiger partial charge in [0.05, 0.1) is 23.4 Å². The fourth-order valence-electron chi connectivity index (χ4n) is 4.14. The van der Waals surface area contributed by atoms with Gasteiger partial charge in [-0.15, -0.1) is 0 Å². The summed E-state index contributed by atoms with van der Waals surface area (Å²) in [5.41, 5.74) is 10.6. The minimum Gasteiger partial charge on any atom is -0.383 e. The van der Waals surface area contributed by atoms with Crippen LogP contribution in [0.4, 0.5) is 11.6 Å². The normalized spacial score (nSPS) is 15.5. The van der Waals surface area contributed by atoms with E-state index in [0.29, 0.717) is 11.5 Å². The van der Waals surface area contributed by atoms with E-state index in [1.165, 1.54) is 4.52 Å². The molecule has 3 aromatic heterocycles. The van der Waals surface area contributed by atoms with Gasteiger partial charge in [0.1, 0.15) is 17.2 Å². The highest BCUT2D eigenvalue weighted by Gasteiger charge is 2.29. The summed E-state index contributed by atoms with van der Waals surface area (Å²) in [6, 6.07) is 13.8. The van der Waals surface area contributed by atoms with Gasteiger partial charge in [-0.3, -0.25) is 9.78 Å². The van der Waals surface area contributed by atoms with Crippen molar-refractivity contribution in [3.8, 4) is 22.4 Å². The van der Waals surface area contributed by atoms with E-state index in [2.05, 4.69) is 10.1 Å². The molecule has 4 heterocycles. The van der Waals surface area contributed by atoms with E-state index in [1.54, 1.807) is 19.3 Å². The predicted octanol–water partition coefficient (Wildman–Crippen LogP) is 2.87. The molecule has 0 unspecified atom stereocenters. The lowest BCUT2D eigenvalue weighted by Crippen LogP contribution is -2.41. The maximum Gasteiger partial charge on any atom is 0.170 e. The summed E-state index contributed by atoms with van der Waals surface area (Å²) in [6.45, 7) is 2.27. The fourth-order valence-corrected chi connectivity index (χ4v) is 5.34. The number of anilines is 2. The van der Waals surface area contributed by atoms with Crippen LogP contribution in [0.5, 0.6) is 0 Å². The maximum atomic E-state index is 12.8. The van der Waals surface area contributed by atoms with Crippen LogP contribution in [0.2, 0.25) is 0 Å². The van der Waals surface area contributed by atoms with Gasteiger partial charge < -0.3 is 10.6 Å². The van der Waals surface area contributed by atoms with Gasteiger partial charge in [0, 0.05) is 42.4 Å². The smallest absolute Gasteiger partial charge is 0.170 e. The Bertz CT molecular complexity index is 1470. The predicted molar refractivity (Wildman–Crippen MR) is 132 cm³/mol. The Morgan fingerprint density at radius 3 is 2.41 bits per heavy atom. The van der Waals surface area contributed by atoms with Crippen molar-refractivity contribution < 1.29 is 13.2 Å². The van der Waals surface area contributed by atoms with Gasteiger partial charge >= 0.3 is 0 Å². The third kappa shape index (κ3) is 3.90. The molecule has 1 aromatic carbocycles. The second-order valence-electron chi connectivity index (χ2n) is 8.20. The van der Waals surface area contributed by atoms with Crippen LogP contribution in [0, 0.1) is 0 Å². The molecule has 1 fully saturated rings. The van der Waals surface area contributed by atoms with Crippen LogP contribution in [0.1, 0.15) is 23.7 Å². The lowest BCUT2D eigenvalue weighted by molar-refractivity contribution is 0.0988. The van der Waals surface area contributed by atoms with Crippen molar-refractivity contribution in [1.29, 1.82) is 0 Å². The first-order valence-corrected chi connectivity index (χ1v) is 12.9. The largest absolute Gasteiger partial charge is 0.383 e. The number of hydrogen-bond donors (Lipinski definition) is 1. The summed E-state index contributed by atoms with van der Waals surface area (Å²) >= 11 is 0. The Hall–Kier alpha value is -3.79. The highest BCUT2D eigenvalue weighted by molar-refractivity contribution is 7.91. The summed E-state index contributed by atoms with van der Waals surface area (Å²) in [7, 11) is -3.09. The molecule has 34 heavy (non-hydrogen) atoms. The van der Waals surface area contributed by atoms with E-state index in [0.717, 1.165) is 22.4 Å². The fraction of sp³-hybridized carbons (Fsp3) is 0.250. The molecule has 0 aliphatic carbocycles. The second-order valence-corrected chi connectivity index (χ2v) is 10.5. The standard InChI is InChI=1S/C24H24N6O3S/c1-2-20(31)21-22(25)30-23(28-24(21)29-10-12-34(32,33)13-11-29)18(15-27-30)17-8-9-19(26-14-17)16-6-4-3-5-7-16/h3-9,14-15H,2,10-13,25H2,1H3. The number of carbonyl (C=O) groups excluding carboxylic acids is 1. The van der Waals surface area contributed by atoms with Gasteiger partial charge in [-0.1, -0.05) is 43.3 Å². The Morgan fingerprint density at radius 2 is 1.76 bits per heavy atom. The maximum absolute atomic E-state index is 12.8. The molecule has 4 aromatic rings. The average molecular weight is 477 g/mol. The third-order valence-corrected chi connectivity index (χ3v) is 7.66. The molecule has 174 valence electrons. The molecule has 0 atom stereocenters. The number of fused-ring (bicyclic) bond motifs is 1. The number of hydrogen-bond acceptors (Lipinski definition) is 8. The van der Waals surface area contributed by atoms with Crippen molar-refractivity contribution in [1.82, 2.24) is 19.6 Å². The molecule has 1 aliphatic rings. The lowest BCUT2D eigenvalue weighted by Gasteiger charge is -2.29. The number of Topliss-reactive ketones (excluding diaryl/α,β-unsaturated/α-hetero) is 1. The number of nitrogens with two attached hydrogens (primary N) is 1. The number of ketones is 1. The van der Waals surface area contributed by atoms with Crippen molar-refractivity contribution in [2.45, 2.75) is 13.3 Å². The number of sulfone groups is 1.